The lowest BCUT2D eigenvalue weighted by molar-refractivity contribution is -0.133. The van der Waals surface area contributed by atoms with Crippen molar-refractivity contribution in [3.05, 3.63) is 64.1 Å². The summed E-state index contributed by atoms with van der Waals surface area (Å²) in [7, 11) is 3.33. The van der Waals surface area contributed by atoms with Crippen molar-refractivity contribution in [3.8, 4) is 11.5 Å². The van der Waals surface area contributed by atoms with Crippen LogP contribution in [-0.2, 0) is 11.2 Å². The van der Waals surface area contributed by atoms with Gasteiger partial charge in [0.2, 0.25) is 11.9 Å². The third-order valence-electron chi connectivity index (χ3n) is 6.59. The van der Waals surface area contributed by atoms with E-state index in [9.17, 15) is 4.79 Å². The quantitative estimate of drug-likeness (QED) is 0.538. The number of rotatable bonds is 6. The normalized spacial score (nSPS) is 18.5. The van der Waals surface area contributed by atoms with Gasteiger partial charge in [0.25, 0.3) is 0 Å². The molecule has 0 N–H and O–H groups in total. The van der Waals surface area contributed by atoms with E-state index < -0.39 is 0 Å². The first-order valence-corrected chi connectivity index (χ1v) is 12.4. The fraction of sp³-hybridized carbons (Fsp3) is 0.400. The SMILES string of the molecule is COc1cc2c(cc1OC)[C@H](c1cccs1)N(CC(=O)N1CCN(c3ncccn3)CC1)CC2. The number of carbonyl (C=O) groups is 1. The van der Waals surface area contributed by atoms with Crippen LogP contribution in [0.2, 0.25) is 0 Å². The Kier molecular flexibility index (Phi) is 6.64. The maximum absolute atomic E-state index is 13.4. The number of piperazine rings is 1. The van der Waals surface area contributed by atoms with Gasteiger partial charge in [0.05, 0.1) is 26.8 Å². The van der Waals surface area contributed by atoms with Crippen molar-refractivity contribution in [3.63, 3.8) is 0 Å². The molecule has 178 valence electrons. The van der Waals surface area contributed by atoms with Crippen molar-refractivity contribution in [2.75, 3.05) is 58.4 Å². The largest absolute Gasteiger partial charge is 0.493 e. The van der Waals surface area contributed by atoms with Crippen LogP contribution in [0.1, 0.15) is 22.0 Å². The number of hydrogen-bond donors (Lipinski definition) is 0. The fourth-order valence-electron chi connectivity index (χ4n) is 4.83. The Balaban J connectivity index is 1.33. The van der Waals surface area contributed by atoms with Crippen LogP contribution in [-0.4, -0.2) is 79.2 Å². The minimum Gasteiger partial charge on any atom is -0.493 e. The van der Waals surface area contributed by atoms with Crippen molar-refractivity contribution in [1.82, 2.24) is 19.8 Å². The van der Waals surface area contributed by atoms with Gasteiger partial charge in [-0.1, -0.05) is 6.07 Å². The topological polar surface area (TPSA) is 71.0 Å². The molecule has 1 aromatic carbocycles. The van der Waals surface area contributed by atoms with Gasteiger partial charge in [-0.25, -0.2) is 9.97 Å². The van der Waals surface area contributed by atoms with Crippen molar-refractivity contribution >= 4 is 23.2 Å². The van der Waals surface area contributed by atoms with E-state index in [4.69, 9.17) is 9.47 Å². The van der Waals surface area contributed by atoms with Gasteiger partial charge in [-0.3, -0.25) is 9.69 Å². The van der Waals surface area contributed by atoms with Crippen molar-refractivity contribution < 1.29 is 14.3 Å². The average Bonchev–Trinajstić information content (AvgIpc) is 3.43. The standard InChI is InChI=1S/C25H29N5O3S/c1-32-20-15-18-6-9-30(24(22-5-3-14-34-22)19(18)16-21(20)33-2)17-23(31)28-10-12-29(13-11-28)25-26-7-4-8-27-25/h3-5,7-8,14-16,24H,6,9-13,17H2,1-2H3/t24-/m1/s1. The zero-order chi connectivity index (χ0) is 23.5. The van der Waals surface area contributed by atoms with E-state index in [-0.39, 0.29) is 11.9 Å². The molecule has 1 atom stereocenters. The van der Waals surface area contributed by atoms with Gasteiger partial charge < -0.3 is 19.3 Å². The number of carbonyl (C=O) groups excluding carboxylic acids is 1. The zero-order valence-corrected chi connectivity index (χ0v) is 20.3. The van der Waals surface area contributed by atoms with Crippen LogP contribution in [0.25, 0.3) is 0 Å². The van der Waals surface area contributed by atoms with Crippen molar-refractivity contribution in [1.29, 1.82) is 0 Å². The summed E-state index contributed by atoms with van der Waals surface area (Å²) in [5.74, 6) is 2.36. The highest BCUT2D eigenvalue weighted by atomic mass is 32.1. The first kappa shape index (κ1) is 22.6. The van der Waals surface area contributed by atoms with E-state index in [0.29, 0.717) is 19.6 Å². The molecule has 1 saturated heterocycles. The van der Waals surface area contributed by atoms with Crippen LogP contribution in [0.4, 0.5) is 5.95 Å². The van der Waals surface area contributed by atoms with Crippen LogP contribution in [0.15, 0.2) is 48.1 Å². The molecule has 0 unspecified atom stereocenters. The number of thiophene rings is 1. The highest BCUT2D eigenvalue weighted by molar-refractivity contribution is 7.10. The van der Waals surface area contributed by atoms with E-state index in [1.165, 1.54) is 16.0 Å². The lowest BCUT2D eigenvalue weighted by atomic mass is 9.90. The van der Waals surface area contributed by atoms with Gasteiger partial charge in [-0.15, -0.1) is 11.3 Å². The average molecular weight is 480 g/mol. The summed E-state index contributed by atoms with van der Waals surface area (Å²) in [6.07, 6.45) is 4.37. The van der Waals surface area contributed by atoms with Crippen LogP contribution < -0.4 is 14.4 Å². The van der Waals surface area contributed by atoms with E-state index in [0.717, 1.165) is 43.5 Å². The molecule has 0 saturated carbocycles. The first-order chi connectivity index (χ1) is 16.7. The minimum absolute atomic E-state index is 0.0199. The Bertz CT molecular complexity index is 1120. The van der Waals surface area contributed by atoms with E-state index in [2.05, 4.69) is 49.4 Å². The second-order valence-corrected chi connectivity index (χ2v) is 9.44. The Labute approximate surface area is 203 Å². The highest BCUT2D eigenvalue weighted by Crippen LogP contribution is 2.42. The van der Waals surface area contributed by atoms with Crippen LogP contribution in [0.5, 0.6) is 11.5 Å². The van der Waals surface area contributed by atoms with Gasteiger partial charge in [-0.05, 0) is 47.2 Å². The van der Waals surface area contributed by atoms with E-state index in [1.807, 2.05) is 11.0 Å². The van der Waals surface area contributed by atoms with Crippen LogP contribution in [0.3, 0.4) is 0 Å². The summed E-state index contributed by atoms with van der Waals surface area (Å²) in [5, 5.41) is 2.09. The molecule has 2 aromatic heterocycles. The molecular formula is C25H29N5O3S. The van der Waals surface area contributed by atoms with Crippen LogP contribution in [0, 0.1) is 0 Å². The summed E-state index contributed by atoms with van der Waals surface area (Å²) in [5.41, 5.74) is 2.43. The van der Waals surface area contributed by atoms with Gasteiger partial charge in [-0.2, -0.15) is 0 Å². The summed E-state index contributed by atoms with van der Waals surface area (Å²) in [6, 6.07) is 10.2. The molecule has 34 heavy (non-hydrogen) atoms. The lowest BCUT2D eigenvalue weighted by Gasteiger charge is -2.39. The molecule has 0 bridgehead atoms. The number of fused-ring (bicyclic) bond motifs is 1. The molecule has 0 radical (unpaired) electrons. The predicted octanol–water partition coefficient (Wildman–Crippen LogP) is 2.85. The maximum atomic E-state index is 13.4. The lowest BCUT2D eigenvalue weighted by Crippen LogP contribution is -2.52. The van der Waals surface area contributed by atoms with Crippen LogP contribution >= 0.6 is 11.3 Å². The summed E-state index contributed by atoms with van der Waals surface area (Å²) in [6.45, 7) is 4.03. The monoisotopic (exact) mass is 479 g/mol. The van der Waals surface area contributed by atoms with Gasteiger partial charge in [0, 0.05) is 50.0 Å². The number of ether oxygens (including phenoxy) is 2. The molecule has 8 nitrogen and oxygen atoms in total. The smallest absolute Gasteiger partial charge is 0.236 e. The Morgan fingerprint density at radius 2 is 1.76 bits per heavy atom. The third-order valence-corrected chi connectivity index (χ3v) is 7.52. The Morgan fingerprint density at radius 3 is 2.44 bits per heavy atom. The molecular weight excluding hydrogens is 450 g/mol. The van der Waals surface area contributed by atoms with E-state index >= 15 is 0 Å². The van der Waals surface area contributed by atoms with E-state index in [1.54, 1.807) is 38.0 Å². The third kappa shape index (κ3) is 4.45. The number of amides is 1. The molecule has 3 aromatic rings. The highest BCUT2D eigenvalue weighted by Gasteiger charge is 2.33. The molecule has 0 aliphatic carbocycles. The molecule has 2 aliphatic rings. The number of anilines is 1. The fourth-order valence-corrected chi connectivity index (χ4v) is 5.71. The number of nitrogens with zero attached hydrogens (tertiary/aromatic N) is 5. The summed E-state index contributed by atoms with van der Waals surface area (Å²) < 4.78 is 11.1. The number of aromatic nitrogens is 2. The number of methoxy groups -OCH3 is 2. The molecule has 4 heterocycles. The maximum Gasteiger partial charge on any atom is 0.236 e. The molecule has 1 fully saturated rings. The summed E-state index contributed by atoms with van der Waals surface area (Å²) in [4.78, 5) is 29.7. The molecule has 2 aliphatic heterocycles. The Morgan fingerprint density at radius 1 is 1.03 bits per heavy atom. The van der Waals surface area contributed by atoms with Gasteiger partial charge >= 0.3 is 0 Å². The van der Waals surface area contributed by atoms with Gasteiger partial charge in [0.15, 0.2) is 11.5 Å². The van der Waals surface area contributed by atoms with Crippen molar-refractivity contribution in [2.45, 2.75) is 12.5 Å². The molecule has 0 spiro atoms. The second-order valence-electron chi connectivity index (χ2n) is 8.46. The zero-order valence-electron chi connectivity index (χ0n) is 19.5. The number of hydrogen-bond acceptors (Lipinski definition) is 8. The molecule has 5 rings (SSSR count). The summed E-state index contributed by atoms with van der Waals surface area (Å²) >= 11 is 1.72. The second kappa shape index (κ2) is 9.99. The van der Waals surface area contributed by atoms with Gasteiger partial charge in [0.1, 0.15) is 0 Å². The molecule has 1 amide bonds. The minimum atomic E-state index is 0.0199. The van der Waals surface area contributed by atoms with Crippen molar-refractivity contribution in [2.24, 2.45) is 0 Å². The Hall–Kier alpha value is -3.17. The predicted molar refractivity (Wildman–Crippen MR) is 132 cm³/mol. The molecule has 9 heteroatoms. The number of benzene rings is 1. The first-order valence-electron chi connectivity index (χ1n) is 11.5.